The number of amides is 1. The Morgan fingerprint density at radius 1 is 1.42 bits per heavy atom. The average molecular weight is 262 g/mol. The van der Waals surface area contributed by atoms with E-state index in [1.807, 2.05) is 24.3 Å². The first-order valence-electron chi connectivity index (χ1n) is 6.88. The lowest BCUT2D eigenvalue weighted by atomic mass is 9.83. The van der Waals surface area contributed by atoms with Gasteiger partial charge >= 0.3 is 0 Å². The number of hydrogen-bond acceptors (Lipinski definition) is 3. The zero-order valence-electron chi connectivity index (χ0n) is 11.4. The Morgan fingerprint density at radius 2 is 2.21 bits per heavy atom. The van der Waals surface area contributed by atoms with E-state index in [-0.39, 0.29) is 11.9 Å². The molecule has 4 nitrogen and oxygen atoms in total. The number of nitrogens with one attached hydrogen (secondary N) is 1. The van der Waals surface area contributed by atoms with E-state index < -0.39 is 0 Å². The Balaban J connectivity index is 1.89. The summed E-state index contributed by atoms with van der Waals surface area (Å²) < 4.78 is 5.13. The maximum Gasteiger partial charge on any atom is 0.224 e. The molecular weight excluding hydrogens is 240 g/mol. The second kappa shape index (κ2) is 6.57. The molecule has 1 aliphatic carbocycles. The van der Waals surface area contributed by atoms with Crippen LogP contribution < -0.4 is 15.8 Å². The molecule has 1 amide bonds. The van der Waals surface area contributed by atoms with Crippen molar-refractivity contribution < 1.29 is 9.53 Å². The van der Waals surface area contributed by atoms with Crippen LogP contribution >= 0.6 is 0 Å². The van der Waals surface area contributed by atoms with Crippen molar-refractivity contribution in [1.29, 1.82) is 0 Å². The Bertz CT molecular complexity index is 434. The fourth-order valence-electron chi connectivity index (χ4n) is 2.64. The first-order chi connectivity index (χ1) is 9.19. The largest absolute Gasteiger partial charge is 0.497 e. The van der Waals surface area contributed by atoms with Gasteiger partial charge in [-0.3, -0.25) is 4.79 Å². The third-order valence-electron chi connectivity index (χ3n) is 3.77. The van der Waals surface area contributed by atoms with Gasteiger partial charge in [0.25, 0.3) is 0 Å². The molecule has 0 bridgehead atoms. The normalized spacial score (nSPS) is 22.8. The molecule has 2 atom stereocenters. The SMILES string of the molecule is COc1cccc(NC(=O)CC2CCCCC2N)c1. The second-order valence-corrected chi connectivity index (χ2v) is 5.19. The molecule has 19 heavy (non-hydrogen) atoms. The first kappa shape index (κ1) is 13.9. The van der Waals surface area contributed by atoms with Crippen molar-refractivity contribution in [3.05, 3.63) is 24.3 Å². The minimum Gasteiger partial charge on any atom is -0.497 e. The fraction of sp³-hybridized carbons (Fsp3) is 0.533. The lowest BCUT2D eigenvalue weighted by molar-refractivity contribution is -0.117. The molecule has 1 aromatic rings. The summed E-state index contributed by atoms with van der Waals surface area (Å²) in [7, 11) is 1.61. The average Bonchev–Trinajstić information content (AvgIpc) is 2.41. The number of carbonyl (C=O) groups excluding carboxylic acids is 1. The fourth-order valence-corrected chi connectivity index (χ4v) is 2.64. The molecule has 2 unspecified atom stereocenters. The summed E-state index contributed by atoms with van der Waals surface area (Å²) in [5, 5.41) is 2.91. The highest BCUT2D eigenvalue weighted by Crippen LogP contribution is 2.26. The van der Waals surface area contributed by atoms with E-state index >= 15 is 0 Å². The number of hydrogen-bond donors (Lipinski definition) is 2. The Hall–Kier alpha value is -1.55. The summed E-state index contributed by atoms with van der Waals surface area (Å²) in [6, 6.07) is 7.57. The minimum atomic E-state index is 0.0376. The van der Waals surface area contributed by atoms with E-state index in [4.69, 9.17) is 10.5 Å². The van der Waals surface area contributed by atoms with Crippen molar-refractivity contribution in [1.82, 2.24) is 0 Å². The Morgan fingerprint density at radius 3 is 2.95 bits per heavy atom. The van der Waals surface area contributed by atoms with Crippen LogP contribution in [0, 0.1) is 5.92 Å². The van der Waals surface area contributed by atoms with Crippen molar-refractivity contribution in [2.24, 2.45) is 11.7 Å². The lowest BCUT2D eigenvalue weighted by Crippen LogP contribution is -2.35. The number of rotatable bonds is 4. The molecule has 1 aromatic carbocycles. The molecule has 0 spiro atoms. The minimum absolute atomic E-state index is 0.0376. The predicted octanol–water partition coefficient (Wildman–Crippen LogP) is 2.54. The first-order valence-corrected chi connectivity index (χ1v) is 6.88. The highest BCUT2D eigenvalue weighted by Gasteiger charge is 2.24. The van der Waals surface area contributed by atoms with E-state index in [0.717, 1.165) is 24.3 Å². The highest BCUT2D eigenvalue weighted by molar-refractivity contribution is 5.91. The Labute approximate surface area is 114 Å². The molecule has 0 aliphatic heterocycles. The van der Waals surface area contributed by atoms with Crippen molar-refractivity contribution in [2.75, 3.05) is 12.4 Å². The number of carbonyl (C=O) groups is 1. The Kier molecular flexibility index (Phi) is 4.80. The zero-order chi connectivity index (χ0) is 13.7. The van der Waals surface area contributed by atoms with Crippen LogP contribution in [0.2, 0.25) is 0 Å². The maximum absolute atomic E-state index is 12.0. The van der Waals surface area contributed by atoms with Crippen LogP contribution in [0.15, 0.2) is 24.3 Å². The molecule has 0 heterocycles. The molecule has 3 N–H and O–H groups in total. The zero-order valence-corrected chi connectivity index (χ0v) is 11.4. The number of ether oxygens (including phenoxy) is 1. The topological polar surface area (TPSA) is 64.3 Å². The third kappa shape index (κ3) is 3.96. The summed E-state index contributed by atoms with van der Waals surface area (Å²) in [6.07, 6.45) is 4.99. The highest BCUT2D eigenvalue weighted by atomic mass is 16.5. The van der Waals surface area contributed by atoms with Crippen LogP contribution in [0.25, 0.3) is 0 Å². The monoisotopic (exact) mass is 262 g/mol. The van der Waals surface area contributed by atoms with Crippen LogP contribution in [0.5, 0.6) is 5.75 Å². The van der Waals surface area contributed by atoms with Crippen LogP contribution in [0.1, 0.15) is 32.1 Å². The van der Waals surface area contributed by atoms with Crippen molar-refractivity contribution in [3.8, 4) is 5.75 Å². The van der Waals surface area contributed by atoms with E-state index in [2.05, 4.69) is 5.32 Å². The van der Waals surface area contributed by atoms with Gasteiger partial charge in [-0.15, -0.1) is 0 Å². The van der Waals surface area contributed by atoms with E-state index in [0.29, 0.717) is 12.3 Å². The summed E-state index contributed by atoms with van der Waals surface area (Å²) in [4.78, 5) is 12.0. The number of benzene rings is 1. The molecule has 1 saturated carbocycles. The summed E-state index contributed by atoms with van der Waals surface area (Å²) >= 11 is 0. The second-order valence-electron chi connectivity index (χ2n) is 5.19. The molecule has 2 rings (SSSR count). The predicted molar refractivity (Wildman–Crippen MR) is 76.2 cm³/mol. The van der Waals surface area contributed by atoms with Crippen LogP contribution in [0.3, 0.4) is 0 Å². The van der Waals surface area contributed by atoms with E-state index in [9.17, 15) is 4.79 Å². The molecule has 4 heteroatoms. The van der Waals surface area contributed by atoms with Crippen LogP contribution in [-0.4, -0.2) is 19.1 Å². The van der Waals surface area contributed by atoms with Gasteiger partial charge in [0.1, 0.15) is 5.75 Å². The van der Waals surface area contributed by atoms with Crippen molar-refractivity contribution in [2.45, 2.75) is 38.1 Å². The quantitative estimate of drug-likeness (QED) is 0.876. The van der Waals surface area contributed by atoms with Crippen molar-refractivity contribution >= 4 is 11.6 Å². The van der Waals surface area contributed by atoms with Gasteiger partial charge in [-0.25, -0.2) is 0 Å². The number of anilines is 1. The van der Waals surface area contributed by atoms with Crippen LogP contribution in [-0.2, 0) is 4.79 Å². The third-order valence-corrected chi connectivity index (χ3v) is 3.77. The molecule has 104 valence electrons. The molecule has 1 aliphatic rings. The molecule has 1 fully saturated rings. The van der Waals surface area contributed by atoms with Gasteiger partial charge in [-0.1, -0.05) is 18.9 Å². The van der Waals surface area contributed by atoms with Gasteiger partial charge in [-0.05, 0) is 30.9 Å². The van der Waals surface area contributed by atoms with Crippen molar-refractivity contribution in [3.63, 3.8) is 0 Å². The van der Waals surface area contributed by atoms with Gasteiger partial charge in [0, 0.05) is 24.2 Å². The lowest BCUT2D eigenvalue weighted by Gasteiger charge is -2.27. The van der Waals surface area contributed by atoms with E-state index in [1.54, 1.807) is 7.11 Å². The molecular formula is C15H22N2O2. The van der Waals surface area contributed by atoms with Gasteiger partial charge in [-0.2, -0.15) is 0 Å². The standard InChI is InChI=1S/C15H22N2O2/c1-19-13-7-4-6-12(10-13)17-15(18)9-11-5-2-3-8-14(11)16/h4,6-7,10-11,14H,2-3,5,8-9,16H2,1H3,(H,17,18). The number of nitrogens with two attached hydrogens (primary N) is 1. The van der Waals surface area contributed by atoms with Gasteiger partial charge in [0.15, 0.2) is 0 Å². The smallest absolute Gasteiger partial charge is 0.224 e. The van der Waals surface area contributed by atoms with Gasteiger partial charge < -0.3 is 15.8 Å². The number of methoxy groups -OCH3 is 1. The molecule has 0 saturated heterocycles. The molecule has 0 aromatic heterocycles. The summed E-state index contributed by atoms with van der Waals surface area (Å²) in [6.45, 7) is 0. The van der Waals surface area contributed by atoms with E-state index in [1.165, 1.54) is 12.8 Å². The van der Waals surface area contributed by atoms with Crippen LogP contribution in [0.4, 0.5) is 5.69 Å². The summed E-state index contributed by atoms with van der Waals surface area (Å²) in [5.74, 6) is 1.10. The van der Waals surface area contributed by atoms with Gasteiger partial charge in [0.05, 0.1) is 7.11 Å². The summed E-state index contributed by atoms with van der Waals surface area (Å²) in [5.41, 5.74) is 6.84. The van der Waals surface area contributed by atoms with Gasteiger partial charge in [0.2, 0.25) is 5.91 Å². The molecule has 0 radical (unpaired) electrons. The maximum atomic E-state index is 12.0.